The standard InChI is InChI=1S/C11H22O/c1-4-6-7-9-11(12)10(3)8-5-2/h8,11-12H,4-7,9H2,1-3H3/b10-8-. The Morgan fingerprint density at radius 3 is 2.50 bits per heavy atom. The molecule has 0 fully saturated rings. The highest BCUT2D eigenvalue weighted by Gasteiger charge is 2.04. The lowest BCUT2D eigenvalue weighted by Gasteiger charge is -2.10. The van der Waals surface area contributed by atoms with Crippen LogP contribution in [-0.2, 0) is 0 Å². The molecule has 0 aromatic rings. The highest BCUT2D eigenvalue weighted by molar-refractivity contribution is 5.03. The molecule has 0 aliphatic rings. The molecule has 1 N–H and O–H groups in total. The zero-order valence-corrected chi connectivity index (χ0v) is 8.64. The quantitative estimate of drug-likeness (QED) is 0.479. The Morgan fingerprint density at radius 1 is 1.33 bits per heavy atom. The molecule has 0 saturated carbocycles. The van der Waals surface area contributed by atoms with E-state index >= 15 is 0 Å². The average Bonchev–Trinajstić information content (AvgIpc) is 2.05. The summed E-state index contributed by atoms with van der Waals surface area (Å²) in [4.78, 5) is 0. The summed E-state index contributed by atoms with van der Waals surface area (Å²) in [6, 6.07) is 0. The Labute approximate surface area is 76.5 Å². The van der Waals surface area contributed by atoms with Crippen LogP contribution in [-0.4, -0.2) is 11.2 Å². The molecule has 0 aliphatic heterocycles. The van der Waals surface area contributed by atoms with E-state index in [9.17, 15) is 5.11 Å². The van der Waals surface area contributed by atoms with Crippen LogP contribution >= 0.6 is 0 Å². The van der Waals surface area contributed by atoms with Crippen LogP contribution in [0.5, 0.6) is 0 Å². The van der Waals surface area contributed by atoms with E-state index in [1.807, 2.05) is 6.92 Å². The highest BCUT2D eigenvalue weighted by atomic mass is 16.3. The third-order valence-corrected chi connectivity index (χ3v) is 2.13. The number of unbranched alkanes of at least 4 members (excludes halogenated alkanes) is 2. The van der Waals surface area contributed by atoms with Crippen LogP contribution in [0.15, 0.2) is 11.6 Å². The second-order valence-electron chi connectivity index (χ2n) is 3.37. The van der Waals surface area contributed by atoms with Crippen molar-refractivity contribution in [2.75, 3.05) is 0 Å². The van der Waals surface area contributed by atoms with Gasteiger partial charge in [-0.1, -0.05) is 39.2 Å². The van der Waals surface area contributed by atoms with Crippen LogP contribution in [0.1, 0.15) is 52.9 Å². The first kappa shape index (κ1) is 11.7. The minimum atomic E-state index is -0.198. The van der Waals surface area contributed by atoms with E-state index in [1.165, 1.54) is 12.8 Å². The molecule has 1 heteroatoms. The number of hydrogen-bond donors (Lipinski definition) is 1. The first-order chi connectivity index (χ1) is 5.72. The van der Waals surface area contributed by atoms with Crippen molar-refractivity contribution >= 4 is 0 Å². The molecule has 1 nitrogen and oxygen atoms in total. The molecule has 0 spiro atoms. The molecule has 0 aromatic carbocycles. The van der Waals surface area contributed by atoms with Crippen molar-refractivity contribution in [3.63, 3.8) is 0 Å². The Morgan fingerprint density at radius 2 is 2.00 bits per heavy atom. The largest absolute Gasteiger partial charge is 0.389 e. The van der Waals surface area contributed by atoms with Gasteiger partial charge in [0.15, 0.2) is 0 Å². The Hall–Kier alpha value is -0.300. The number of hydrogen-bond acceptors (Lipinski definition) is 1. The van der Waals surface area contributed by atoms with Gasteiger partial charge in [-0.3, -0.25) is 0 Å². The summed E-state index contributed by atoms with van der Waals surface area (Å²) in [5.41, 5.74) is 1.13. The maximum atomic E-state index is 9.61. The average molecular weight is 170 g/mol. The number of aliphatic hydroxyl groups excluding tert-OH is 1. The lowest BCUT2D eigenvalue weighted by Crippen LogP contribution is -2.07. The molecule has 0 rings (SSSR count). The van der Waals surface area contributed by atoms with E-state index in [2.05, 4.69) is 19.9 Å². The number of rotatable bonds is 6. The molecule has 0 amide bonds. The lowest BCUT2D eigenvalue weighted by molar-refractivity contribution is 0.196. The summed E-state index contributed by atoms with van der Waals surface area (Å²) in [7, 11) is 0. The minimum absolute atomic E-state index is 0.198. The van der Waals surface area contributed by atoms with Crippen molar-refractivity contribution < 1.29 is 5.11 Å². The smallest absolute Gasteiger partial charge is 0.0747 e. The minimum Gasteiger partial charge on any atom is -0.389 e. The molecular formula is C11H22O. The fourth-order valence-corrected chi connectivity index (χ4v) is 1.27. The van der Waals surface area contributed by atoms with Crippen molar-refractivity contribution in [3.05, 3.63) is 11.6 Å². The molecule has 12 heavy (non-hydrogen) atoms. The van der Waals surface area contributed by atoms with Gasteiger partial charge in [0.1, 0.15) is 0 Å². The van der Waals surface area contributed by atoms with E-state index in [4.69, 9.17) is 0 Å². The lowest BCUT2D eigenvalue weighted by atomic mass is 10.0. The van der Waals surface area contributed by atoms with E-state index in [0.29, 0.717) is 0 Å². The summed E-state index contributed by atoms with van der Waals surface area (Å²) >= 11 is 0. The fraction of sp³-hybridized carbons (Fsp3) is 0.818. The second-order valence-corrected chi connectivity index (χ2v) is 3.37. The summed E-state index contributed by atoms with van der Waals surface area (Å²) in [5.74, 6) is 0. The molecule has 1 atom stereocenters. The Kier molecular flexibility index (Phi) is 7.17. The zero-order valence-electron chi connectivity index (χ0n) is 8.64. The van der Waals surface area contributed by atoms with Gasteiger partial charge in [0.05, 0.1) is 6.10 Å². The maximum Gasteiger partial charge on any atom is 0.0747 e. The third-order valence-electron chi connectivity index (χ3n) is 2.13. The van der Waals surface area contributed by atoms with Gasteiger partial charge in [0.25, 0.3) is 0 Å². The van der Waals surface area contributed by atoms with Crippen LogP contribution in [0, 0.1) is 0 Å². The van der Waals surface area contributed by atoms with Crippen molar-refractivity contribution in [2.24, 2.45) is 0 Å². The van der Waals surface area contributed by atoms with Gasteiger partial charge in [0, 0.05) is 0 Å². The molecule has 0 bridgehead atoms. The molecule has 0 heterocycles. The highest BCUT2D eigenvalue weighted by Crippen LogP contribution is 2.11. The van der Waals surface area contributed by atoms with Gasteiger partial charge in [-0.2, -0.15) is 0 Å². The summed E-state index contributed by atoms with van der Waals surface area (Å²) in [6.45, 7) is 6.30. The van der Waals surface area contributed by atoms with E-state index in [-0.39, 0.29) is 6.10 Å². The monoisotopic (exact) mass is 170 g/mol. The Bertz CT molecular complexity index is 127. The zero-order chi connectivity index (χ0) is 9.40. The topological polar surface area (TPSA) is 20.2 Å². The molecule has 0 radical (unpaired) electrons. The fourth-order valence-electron chi connectivity index (χ4n) is 1.27. The molecule has 72 valence electrons. The predicted molar refractivity (Wildman–Crippen MR) is 54.2 cm³/mol. The van der Waals surface area contributed by atoms with Gasteiger partial charge in [0.2, 0.25) is 0 Å². The predicted octanol–water partition coefficient (Wildman–Crippen LogP) is 3.28. The van der Waals surface area contributed by atoms with Gasteiger partial charge in [-0.05, 0) is 25.3 Å². The summed E-state index contributed by atoms with van der Waals surface area (Å²) in [6.07, 6.45) is 7.46. The van der Waals surface area contributed by atoms with Crippen molar-refractivity contribution in [1.82, 2.24) is 0 Å². The van der Waals surface area contributed by atoms with Gasteiger partial charge < -0.3 is 5.11 Å². The van der Waals surface area contributed by atoms with E-state index < -0.39 is 0 Å². The third kappa shape index (κ3) is 5.36. The van der Waals surface area contributed by atoms with Crippen LogP contribution in [0.25, 0.3) is 0 Å². The molecule has 0 aromatic heterocycles. The first-order valence-corrected chi connectivity index (χ1v) is 5.07. The van der Waals surface area contributed by atoms with Gasteiger partial charge in [-0.25, -0.2) is 0 Å². The number of aliphatic hydroxyl groups is 1. The van der Waals surface area contributed by atoms with Crippen LogP contribution in [0.2, 0.25) is 0 Å². The molecule has 0 aliphatic carbocycles. The van der Waals surface area contributed by atoms with Crippen molar-refractivity contribution in [2.45, 2.75) is 59.0 Å². The molecule has 0 saturated heterocycles. The normalized spacial score (nSPS) is 14.8. The van der Waals surface area contributed by atoms with E-state index in [0.717, 1.165) is 24.8 Å². The van der Waals surface area contributed by atoms with Crippen LogP contribution in [0.4, 0.5) is 0 Å². The second kappa shape index (κ2) is 7.35. The maximum absolute atomic E-state index is 9.61. The summed E-state index contributed by atoms with van der Waals surface area (Å²) < 4.78 is 0. The van der Waals surface area contributed by atoms with Crippen LogP contribution < -0.4 is 0 Å². The Balaban J connectivity index is 3.56. The SMILES string of the molecule is CC/C=C(/C)C(O)CCCCC. The number of allylic oxidation sites excluding steroid dienone is 1. The van der Waals surface area contributed by atoms with E-state index in [1.54, 1.807) is 0 Å². The van der Waals surface area contributed by atoms with Gasteiger partial charge >= 0.3 is 0 Å². The van der Waals surface area contributed by atoms with Crippen molar-refractivity contribution in [3.8, 4) is 0 Å². The first-order valence-electron chi connectivity index (χ1n) is 5.07. The van der Waals surface area contributed by atoms with Crippen LogP contribution in [0.3, 0.4) is 0 Å². The summed E-state index contributed by atoms with van der Waals surface area (Å²) in [5, 5.41) is 9.61. The molecule has 1 unspecified atom stereocenters. The van der Waals surface area contributed by atoms with Crippen molar-refractivity contribution in [1.29, 1.82) is 0 Å². The van der Waals surface area contributed by atoms with Gasteiger partial charge in [-0.15, -0.1) is 0 Å². The molecular weight excluding hydrogens is 148 g/mol.